The van der Waals surface area contributed by atoms with Gasteiger partial charge >= 0.3 is 5.97 Å². The molecular formula is C19H22FNO3S. The highest BCUT2D eigenvalue weighted by atomic mass is 32.1. The Morgan fingerprint density at radius 3 is 2.80 bits per heavy atom. The van der Waals surface area contributed by atoms with Gasteiger partial charge < -0.3 is 10.1 Å². The molecule has 0 aliphatic heterocycles. The highest BCUT2D eigenvalue weighted by Gasteiger charge is 2.27. The SMILES string of the molecule is CC(OC(=O)c1cc2c(F)cccc2s1)C(=O)NC1CCCCC1C. The summed E-state index contributed by atoms with van der Waals surface area (Å²) in [5, 5.41) is 3.38. The van der Waals surface area contributed by atoms with Gasteiger partial charge in [-0.05, 0) is 43.9 Å². The van der Waals surface area contributed by atoms with Gasteiger partial charge in [-0.1, -0.05) is 25.8 Å². The van der Waals surface area contributed by atoms with E-state index in [9.17, 15) is 14.0 Å². The Balaban J connectivity index is 1.62. The molecule has 4 nitrogen and oxygen atoms in total. The Labute approximate surface area is 150 Å². The molecule has 6 heteroatoms. The van der Waals surface area contributed by atoms with Crippen molar-refractivity contribution in [3.8, 4) is 0 Å². The molecule has 1 saturated carbocycles. The fraction of sp³-hybridized carbons (Fsp3) is 0.474. The number of benzene rings is 1. The minimum absolute atomic E-state index is 0.140. The molecule has 1 aromatic carbocycles. The minimum Gasteiger partial charge on any atom is -0.448 e. The first-order chi connectivity index (χ1) is 12.0. The number of esters is 1. The van der Waals surface area contributed by atoms with Crippen LogP contribution in [-0.2, 0) is 9.53 Å². The Kier molecular flexibility index (Phi) is 5.37. The van der Waals surface area contributed by atoms with Crippen molar-refractivity contribution in [3.05, 3.63) is 35.0 Å². The van der Waals surface area contributed by atoms with Gasteiger partial charge in [0.2, 0.25) is 0 Å². The van der Waals surface area contributed by atoms with E-state index in [0.717, 1.165) is 30.6 Å². The van der Waals surface area contributed by atoms with E-state index in [4.69, 9.17) is 4.74 Å². The van der Waals surface area contributed by atoms with Gasteiger partial charge in [-0.2, -0.15) is 0 Å². The van der Waals surface area contributed by atoms with Gasteiger partial charge in [-0.15, -0.1) is 11.3 Å². The van der Waals surface area contributed by atoms with Crippen LogP contribution in [-0.4, -0.2) is 24.0 Å². The molecule has 134 valence electrons. The number of fused-ring (bicyclic) bond motifs is 1. The van der Waals surface area contributed by atoms with Crippen molar-refractivity contribution >= 4 is 33.3 Å². The minimum atomic E-state index is -0.878. The third-order valence-electron chi connectivity index (χ3n) is 4.80. The molecule has 1 fully saturated rings. The smallest absolute Gasteiger partial charge is 0.349 e. The summed E-state index contributed by atoms with van der Waals surface area (Å²) in [5.41, 5.74) is 0. The lowest BCUT2D eigenvalue weighted by molar-refractivity contribution is -0.130. The molecule has 1 aliphatic carbocycles. The molecular weight excluding hydrogens is 341 g/mol. The standard InChI is InChI=1S/C19H22FNO3S/c1-11-6-3-4-8-15(11)21-18(22)12(2)24-19(23)17-10-13-14(20)7-5-9-16(13)25-17/h5,7,9-12,15H,3-4,6,8H2,1-2H3,(H,21,22). The van der Waals surface area contributed by atoms with Crippen molar-refractivity contribution in [1.82, 2.24) is 5.32 Å². The summed E-state index contributed by atoms with van der Waals surface area (Å²) in [7, 11) is 0. The van der Waals surface area contributed by atoms with Crippen LogP contribution in [0.15, 0.2) is 24.3 Å². The summed E-state index contributed by atoms with van der Waals surface area (Å²) in [5.74, 6) is -0.810. The van der Waals surface area contributed by atoms with Gasteiger partial charge in [0.05, 0.1) is 0 Å². The van der Waals surface area contributed by atoms with Crippen molar-refractivity contribution in [2.75, 3.05) is 0 Å². The van der Waals surface area contributed by atoms with Crippen LogP contribution in [0.25, 0.3) is 10.1 Å². The van der Waals surface area contributed by atoms with Gasteiger partial charge in [0.25, 0.3) is 5.91 Å². The maximum Gasteiger partial charge on any atom is 0.349 e. The predicted octanol–water partition coefficient (Wildman–Crippen LogP) is 4.28. The number of hydrogen-bond acceptors (Lipinski definition) is 4. The first-order valence-electron chi connectivity index (χ1n) is 8.65. The molecule has 0 bridgehead atoms. The molecule has 1 N–H and O–H groups in total. The topological polar surface area (TPSA) is 55.4 Å². The maximum atomic E-state index is 13.7. The van der Waals surface area contributed by atoms with Crippen molar-refractivity contribution < 1.29 is 18.7 Å². The van der Waals surface area contributed by atoms with E-state index in [1.54, 1.807) is 19.1 Å². The number of carbonyl (C=O) groups is 2. The number of nitrogens with one attached hydrogen (secondary N) is 1. The molecule has 1 aliphatic rings. The summed E-state index contributed by atoms with van der Waals surface area (Å²) in [6.07, 6.45) is 3.49. The summed E-state index contributed by atoms with van der Waals surface area (Å²) < 4.78 is 19.7. The number of rotatable bonds is 4. The first kappa shape index (κ1) is 17.9. The summed E-state index contributed by atoms with van der Waals surface area (Å²) >= 11 is 1.16. The van der Waals surface area contributed by atoms with Gasteiger partial charge in [0.15, 0.2) is 6.10 Å². The molecule has 0 spiro atoms. The molecule has 0 saturated heterocycles. The van der Waals surface area contributed by atoms with Crippen LogP contribution in [0.5, 0.6) is 0 Å². The van der Waals surface area contributed by atoms with Crippen LogP contribution in [0.1, 0.15) is 49.2 Å². The predicted molar refractivity (Wildman–Crippen MR) is 96.2 cm³/mol. The van der Waals surface area contributed by atoms with Crippen LogP contribution in [0.4, 0.5) is 4.39 Å². The highest BCUT2D eigenvalue weighted by molar-refractivity contribution is 7.20. The van der Waals surface area contributed by atoms with Gasteiger partial charge in [-0.3, -0.25) is 4.79 Å². The number of amides is 1. The Morgan fingerprint density at radius 1 is 1.32 bits per heavy atom. The van der Waals surface area contributed by atoms with Crippen LogP contribution in [0.2, 0.25) is 0 Å². The maximum absolute atomic E-state index is 13.7. The normalized spacial score (nSPS) is 21.7. The van der Waals surface area contributed by atoms with Crippen molar-refractivity contribution in [2.45, 2.75) is 51.7 Å². The van der Waals surface area contributed by atoms with E-state index in [1.165, 1.54) is 18.6 Å². The van der Waals surface area contributed by atoms with Gasteiger partial charge in [0, 0.05) is 16.1 Å². The second kappa shape index (κ2) is 7.52. The zero-order valence-corrected chi connectivity index (χ0v) is 15.2. The zero-order chi connectivity index (χ0) is 18.0. The quantitative estimate of drug-likeness (QED) is 0.825. The van der Waals surface area contributed by atoms with E-state index in [1.807, 2.05) is 0 Å². The third kappa shape index (κ3) is 4.00. The monoisotopic (exact) mass is 363 g/mol. The molecule has 3 unspecified atom stereocenters. The number of thiophene rings is 1. The summed E-state index contributed by atoms with van der Waals surface area (Å²) in [6.45, 7) is 3.70. The second-order valence-electron chi connectivity index (χ2n) is 6.69. The molecule has 25 heavy (non-hydrogen) atoms. The molecule has 3 atom stereocenters. The molecule has 0 radical (unpaired) electrons. The lowest BCUT2D eigenvalue weighted by Gasteiger charge is -2.30. The first-order valence-corrected chi connectivity index (χ1v) is 9.47. The molecule has 1 aromatic heterocycles. The van der Waals surface area contributed by atoms with Crippen molar-refractivity contribution in [1.29, 1.82) is 0 Å². The second-order valence-corrected chi connectivity index (χ2v) is 7.77. The van der Waals surface area contributed by atoms with Gasteiger partial charge in [-0.25, -0.2) is 9.18 Å². The van der Waals surface area contributed by atoms with E-state index in [2.05, 4.69) is 12.2 Å². The van der Waals surface area contributed by atoms with E-state index >= 15 is 0 Å². The van der Waals surface area contributed by atoms with E-state index < -0.39 is 12.1 Å². The zero-order valence-electron chi connectivity index (χ0n) is 14.4. The summed E-state index contributed by atoms with van der Waals surface area (Å²) in [6, 6.07) is 6.32. The van der Waals surface area contributed by atoms with Crippen LogP contribution >= 0.6 is 11.3 Å². The van der Waals surface area contributed by atoms with Crippen LogP contribution < -0.4 is 5.32 Å². The third-order valence-corrected chi connectivity index (χ3v) is 5.88. The number of hydrogen-bond donors (Lipinski definition) is 1. The fourth-order valence-corrected chi connectivity index (χ4v) is 4.19. The average molecular weight is 363 g/mol. The molecule has 1 heterocycles. The fourth-order valence-electron chi connectivity index (χ4n) is 3.23. The van der Waals surface area contributed by atoms with Crippen LogP contribution in [0.3, 0.4) is 0 Å². The Bertz CT molecular complexity index is 788. The lowest BCUT2D eigenvalue weighted by Crippen LogP contribution is -2.45. The Morgan fingerprint density at radius 2 is 2.08 bits per heavy atom. The molecule has 2 aromatic rings. The van der Waals surface area contributed by atoms with Crippen LogP contribution in [0, 0.1) is 11.7 Å². The molecule has 3 rings (SSSR count). The lowest BCUT2D eigenvalue weighted by atomic mass is 9.86. The number of ether oxygens (including phenoxy) is 1. The highest BCUT2D eigenvalue weighted by Crippen LogP contribution is 2.28. The Hall–Kier alpha value is -1.95. The number of halogens is 1. The van der Waals surface area contributed by atoms with E-state index in [0.29, 0.717) is 20.9 Å². The average Bonchev–Trinajstić information content (AvgIpc) is 3.02. The number of carbonyl (C=O) groups excluding carboxylic acids is 2. The molecule has 1 amide bonds. The van der Waals surface area contributed by atoms with Crippen molar-refractivity contribution in [3.63, 3.8) is 0 Å². The summed E-state index contributed by atoms with van der Waals surface area (Å²) in [4.78, 5) is 24.9. The van der Waals surface area contributed by atoms with E-state index in [-0.39, 0.29) is 17.8 Å². The largest absolute Gasteiger partial charge is 0.448 e. The van der Waals surface area contributed by atoms with Crippen molar-refractivity contribution in [2.24, 2.45) is 5.92 Å². The van der Waals surface area contributed by atoms with Gasteiger partial charge in [0.1, 0.15) is 10.7 Å².